The van der Waals surface area contributed by atoms with Crippen LogP contribution in [0.15, 0.2) is 42.5 Å². The minimum atomic E-state index is -0.450. The number of aliphatic hydroxyl groups is 1. The summed E-state index contributed by atoms with van der Waals surface area (Å²) in [6.07, 6.45) is 2.45. The van der Waals surface area contributed by atoms with Crippen LogP contribution in [0.2, 0.25) is 0 Å². The van der Waals surface area contributed by atoms with Gasteiger partial charge in [-0.3, -0.25) is 4.79 Å². The second kappa shape index (κ2) is 15.4. The van der Waals surface area contributed by atoms with Gasteiger partial charge in [-0.1, -0.05) is 6.92 Å². The van der Waals surface area contributed by atoms with Crippen LogP contribution in [0.1, 0.15) is 50.4 Å². The van der Waals surface area contributed by atoms with Crippen molar-refractivity contribution in [2.75, 3.05) is 51.1 Å². The van der Waals surface area contributed by atoms with Crippen LogP contribution in [0.3, 0.4) is 0 Å². The van der Waals surface area contributed by atoms with Crippen LogP contribution in [0.25, 0.3) is 0 Å². The van der Waals surface area contributed by atoms with E-state index in [-0.39, 0.29) is 30.6 Å². The molecule has 0 spiro atoms. The number of hydrogen-bond acceptors (Lipinski definition) is 7. The first-order chi connectivity index (χ1) is 19.2. The highest BCUT2D eigenvalue weighted by molar-refractivity contribution is 6.02. The van der Waals surface area contributed by atoms with Crippen LogP contribution in [-0.2, 0) is 4.74 Å². The molecule has 2 aromatic carbocycles. The van der Waals surface area contributed by atoms with Gasteiger partial charge in [0, 0.05) is 37.0 Å². The number of methoxy groups -OCH3 is 1. The van der Waals surface area contributed by atoms with E-state index in [2.05, 4.69) is 22.9 Å². The number of ether oxygens (including phenoxy) is 3. The average molecular weight is 557 g/mol. The lowest BCUT2D eigenvalue weighted by Gasteiger charge is -2.34. The van der Waals surface area contributed by atoms with Gasteiger partial charge in [0.15, 0.2) is 0 Å². The number of fused-ring (bicyclic) bond motifs is 1. The fourth-order valence-corrected chi connectivity index (χ4v) is 4.66. The molecule has 1 aliphatic heterocycles. The van der Waals surface area contributed by atoms with Crippen molar-refractivity contribution >= 4 is 23.3 Å². The lowest BCUT2D eigenvalue weighted by atomic mass is 10.0. The van der Waals surface area contributed by atoms with Crippen molar-refractivity contribution in [1.82, 2.24) is 10.2 Å². The molecule has 4 atom stereocenters. The first-order valence-corrected chi connectivity index (χ1v) is 14.0. The zero-order chi connectivity index (χ0) is 29.1. The third kappa shape index (κ3) is 8.84. The van der Waals surface area contributed by atoms with Crippen molar-refractivity contribution in [1.29, 1.82) is 0 Å². The molecule has 2 aromatic rings. The molecule has 4 N–H and O–H groups in total. The van der Waals surface area contributed by atoms with Crippen molar-refractivity contribution < 1.29 is 28.9 Å². The monoisotopic (exact) mass is 556 g/mol. The largest absolute Gasteiger partial charge is 0.497 e. The second-order valence-electron chi connectivity index (χ2n) is 10.4. The summed E-state index contributed by atoms with van der Waals surface area (Å²) in [5.74, 6) is 0.856. The molecule has 0 saturated carbocycles. The normalized spacial score (nSPS) is 21.4. The van der Waals surface area contributed by atoms with Gasteiger partial charge in [0.1, 0.15) is 11.5 Å². The van der Waals surface area contributed by atoms with Gasteiger partial charge in [0.2, 0.25) is 0 Å². The van der Waals surface area contributed by atoms with Gasteiger partial charge in [-0.05, 0) is 82.6 Å². The minimum Gasteiger partial charge on any atom is -0.497 e. The minimum absolute atomic E-state index is 0.00761. The maximum atomic E-state index is 14.1. The van der Waals surface area contributed by atoms with Crippen molar-refractivity contribution in [3.05, 3.63) is 48.0 Å². The number of urea groups is 1. The van der Waals surface area contributed by atoms with Gasteiger partial charge in [-0.2, -0.15) is 0 Å². The van der Waals surface area contributed by atoms with E-state index < -0.39 is 12.1 Å². The zero-order valence-corrected chi connectivity index (χ0v) is 24.2. The number of rotatable bonds is 7. The molecule has 0 saturated heterocycles. The Morgan fingerprint density at radius 1 is 1.12 bits per heavy atom. The molecule has 10 heteroatoms. The number of anilines is 2. The van der Waals surface area contributed by atoms with Crippen LogP contribution in [-0.4, -0.2) is 80.7 Å². The maximum absolute atomic E-state index is 14.1. The summed E-state index contributed by atoms with van der Waals surface area (Å²) >= 11 is 0. The van der Waals surface area contributed by atoms with E-state index in [4.69, 9.17) is 14.2 Å². The SMILES string of the molecule is CNC[C@H]1OCCCC[C@@H](C)Oc2ccc(NC(=O)Nc3ccc(OC)cc3)cc2C(=O)N([C@H](C)CO)C[C@H]1C. The topological polar surface area (TPSA) is 121 Å². The lowest BCUT2D eigenvalue weighted by Crippen LogP contribution is -2.47. The Morgan fingerprint density at radius 3 is 2.50 bits per heavy atom. The fourth-order valence-electron chi connectivity index (χ4n) is 4.66. The third-order valence-electron chi connectivity index (χ3n) is 7.06. The molecule has 3 amide bonds. The van der Waals surface area contributed by atoms with Crippen molar-refractivity contribution in [2.24, 2.45) is 5.92 Å². The number of nitrogens with one attached hydrogen (secondary N) is 3. The molecule has 0 radical (unpaired) electrons. The van der Waals surface area contributed by atoms with E-state index in [1.165, 1.54) is 0 Å². The summed E-state index contributed by atoms with van der Waals surface area (Å²) in [6.45, 7) is 7.34. The van der Waals surface area contributed by atoms with Gasteiger partial charge < -0.3 is 40.2 Å². The van der Waals surface area contributed by atoms with Gasteiger partial charge >= 0.3 is 6.03 Å². The molecular formula is C30H44N4O6. The van der Waals surface area contributed by atoms with E-state index in [1.54, 1.807) is 54.5 Å². The molecule has 1 heterocycles. The average Bonchev–Trinajstić information content (AvgIpc) is 2.95. The summed E-state index contributed by atoms with van der Waals surface area (Å²) in [7, 11) is 3.46. The molecule has 0 fully saturated rings. The number of amides is 3. The van der Waals surface area contributed by atoms with Crippen LogP contribution in [0.5, 0.6) is 11.5 Å². The van der Waals surface area contributed by atoms with E-state index in [0.29, 0.717) is 48.1 Å². The standard InChI is InChI=1S/C30H44N4O6/c1-20-18-34(21(2)19-35)29(36)26-16-24(33-30(37)32-23-9-12-25(38-5)13-10-23)11-14-27(26)40-22(3)8-6-7-15-39-28(20)17-31-4/h9-14,16,20-22,28,31,35H,6-8,15,17-19H2,1-5H3,(H2,32,33,37)/t20-,21-,22-,28-/m1/s1. The van der Waals surface area contributed by atoms with Gasteiger partial charge in [0.25, 0.3) is 5.91 Å². The highest BCUT2D eigenvalue weighted by Crippen LogP contribution is 2.28. The highest BCUT2D eigenvalue weighted by Gasteiger charge is 2.29. The van der Waals surface area contributed by atoms with Crippen LogP contribution in [0, 0.1) is 5.92 Å². The molecule has 10 nitrogen and oxygen atoms in total. The second-order valence-corrected chi connectivity index (χ2v) is 10.4. The van der Waals surface area contributed by atoms with E-state index in [9.17, 15) is 14.7 Å². The number of likely N-dealkylation sites (N-methyl/N-ethyl adjacent to an activating group) is 1. The molecule has 3 rings (SSSR count). The Morgan fingerprint density at radius 2 is 1.82 bits per heavy atom. The molecule has 0 aliphatic carbocycles. The summed E-state index contributed by atoms with van der Waals surface area (Å²) in [6, 6.07) is 11.2. The van der Waals surface area contributed by atoms with Crippen molar-refractivity contribution in [2.45, 2.75) is 58.3 Å². The van der Waals surface area contributed by atoms with Crippen LogP contribution >= 0.6 is 0 Å². The number of hydrogen-bond donors (Lipinski definition) is 4. The Balaban J connectivity index is 1.90. The number of nitrogens with zero attached hydrogens (tertiary/aromatic N) is 1. The molecule has 220 valence electrons. The van der Waals surface area contributed by atoms with E-state index in [1.807, 2.05) is 20.9 Å². The Bertz CT molecular complexity index is 1100. The molecule has 0 unspecified atom stereocenters. The van der Waals surface area contributed by atoms with E-state index >= 15 is 0 Å². The van der Waals surface area contributed by atoms with Gasteiger partial charge in [-0.25, -0.2) is 4.79 Å². The molecule has 40 heavy (non-hydrogen) atoms. The first-order valence-electron chi connectivity index (χ1n) is 14.0. The van der Waals surface area contributed by atoms with Crippen molar-refractivity contribution in [3.8, 4) is 11.5 Å². The Hall–Kier alpha value is -3.34. The molecular weight excluding hydrogens is 512 g/mol. The quantitative estimate of drug-likeness (QED) is 0.400. The van der Waals surface area contributed by atoms with Gasteiger partial charge in [0.05, 0.1) is 37.5 Å². The van der Waals surface area contributed by atoms with Gasteiger partial charge in [-0.15, -0.1) is 0 Å². The summed E-state index contributed by atoms with van der Waals surface area (Å²) in [5, 5.41) is 18.8. The molecule has 0 aromatic heterocycles. The Kier molecular flexibility index (Phi) is 12.0. The number of aliphatic hydroxyl groups excluding tert-OH is 1. The maximum Gasteiger partial charge on any atom is 0.323 e. The van der Waals surface area contributed by atoms with Crippen LogP contribution < -0.4 is 25.4 Å². The number of benzene rings is 2. The fraction of sp³-hybridized carbons (Fsp3) is 0.533. The molecule has 0 bridgehead atoms. The first kappa shape index (κ1) is 31.2. The predicted molar refractivity (Wildman–Crippen MR) is 156 cm³/mol. The van der Waals surface area contributed by atoms with Crippen molar-refractivity contribution in [3.63, 3.8) is 0 Å². The number of carbonyl (C=O) groups is 2. The smallest absolute Gasteiger partial charge is 0.323 e. The van der Waals surface area contributed by atoms with Crippen LogP contribution in [0.4, 0.5) is 16.2 Å². The predicted octanol–water partition coefficient (Wildman–Crippen LogP) is 4.35. The highest BCUT2D eigenvalue weighted by atomic mass is 16.5. The molecule has 1 aliphatic rings. The Labute approximate surface area is 237 Å². The van der Waals surface area contributed by atoms with E-state index in [0.717, 1.165) is 19.3 Å². The lowest BCUT2D eigenvalue weighted by molar-refractivity contribution is -0.000451. The summed E-state index contributed by atoms with van der Waals surface area (Å²) < 4.78 is 17.6. The number of carbonyl (C=O) groups excluding carboxylic acids is 2. The summed E-state index contributed by atoms with van der Waals surface area (Å²) in [5.41, 5.74) is 1.36. The summed E-state index contributed by atoms with van der Waals surface area (Å²) in [4.78, 5) is 28.5. The zero-order valence-electron chi connectivity index (χ0n) is 24.2. The third-order valence-corrected chi connectivity index (χ3v) is 7.06.